The molecule has 2 aromatic rings. The van der Waals surface area contributed by atoms with Gasteiger partial charge in [-0.25, -0.2) is 0 Å². The number of amides is 2. The minimum Gasteiger partial charge on any atom is -0.481 e. The first-order valence-electron chi connectivity index (χ1n) is 10.9. The van der Waals surface area contributed by atoms with Crippen molar-refractivity contribution in [2.75, 3.05) is 6.54 Å². The molecule has 3 N–H and O–H groups in total. The van der Waals surface area contributed by atoms with Gasteiger partial charge >= 0.3 is 5.97 Å². The Hall–Kier alpha value is -3.19. The molecule has 172 valence electrons. The molecule has 0 aromatic heterocycles. The van der Waals surface area contributed by atoms with Crippen molar-refractivity contribution in [2.24, 2.45) is 0 Å². The Morgan fingerprint density at radius 2 is 1.73 bits per heavy atom. The Morgan fingerprint density at radius 3 is 2.36 bits per heavy atom. The number of aliphatic carboxylic acids is 1. The molecule has 3 rings (SSSR count). The highest BCUT2D eigenvalue weighted by molar-refractivity contribution is 9.10. The van der Waals surface area contributed by atoms with Crippen LogP contribution in [0.3, 0.4) is 0 Å². The van der Waals surface area contributed by atoms with E-state index in [1.165, 1.54) is 0 Å². The molecule has 33 heavy (non-hydrogen) atoms. The van der Waals surface area contributed by atoms with E-state index in [0.29, 0.717) is 18.5 Å². The van der Waals surface area contributed by atoms with E-state index in [1.807, 2.05) is 36.4 Å². The molecule has 0 spiro atoms. The van der Waals surface area contributed by atoms with Crippen molar-refractivity contribution in [2.45, 2.75) is 38.1 Å². The number of allylic oxidation sites excluding steroid dienone is 4. The minimum absolute atomic E-state index is 0.0148. The van der Waals surface area contributed by atoms with E-state index < -0.39 is 23.8 Å². The molecule has 0 heterocycles. The lowest BCUT2D eigenvalue weighted by atomic mass is 9.98. The number of hydrogen-bond donors (Lipinski definition) is 3. The van der Waals surface area contributed by atoms with E-state index in [2.05, 4.69) is 44.8 Å². The summed E-state index contributed by atoms with van der Waals surface area (Å²) in [6.07, 6.45) is 8.81. The normalized spacial score (nSPS) is 13.7. The Labute approximate surface area is 201 Å². The van der Waals surface area contributed by atoms with Gasteiger partial charge in [-0.05, 0) is 66.6 Å². The molecular weight excluding hydrogens is 484 g/mol. The monoisotopic (exact) mass is 510 g/mol. The first-order valence-corrected chi connectivity index (χ1v) is 11.7. The van der Waals surface area contributed by atoms with Gasteiger partial charge in [0.1, 0.15) is 6.04 Å². The predicted octanol–water partition coefficient (Wildman–Crippen LogP) is 4.50. The first kappa shape index (κ1) is 24.5. The van der Waals surface area contributed by atoms with Crippen LogP contribution >= 0.6 is 15.9 Å². The van der Waals surface area contributed by atoms with Crippen molar-refractivity contribution in [3.63, 3.8) is 0 Å². The molecule has 0 bridgehead atoms. The van der Waals surface area contributed by atoms with E-state index >= 15 is 0 Å². The topological polar surface area (TPSA) is 95.5 Å². The fourth-order valence-electron chi connectivity index (χ4n) is 3.52. The quantitative estimate of drug-likeness (QED) is 0.438. The largest absolute Gasteiger partial charge is 0.481 e. The van der Waals surface area contributed by atoms with Gasteiger partial charge in [0.2, 0.25) is 5.91 Å². The van der Waals surface area contributed by atoms with Gasteiger partial charge in [-0.3, -0.25) is 14.4 Å². The molecule has 7 heteroatoms. The summed E-state index contributed by atoms with van der Waals surface area (Å²) >= 11 is 3.39. The lowest BCUT2D eigenvalue weighted by molar-refractivity contribution is -0.137. The zero-order valence-corrected chi connectivity index (χ0v) is 19.8. The fraction of sp³-hybridized carbons (Fsp3) is 0.269. The molecule has 0 saturated heterocycles. The van der Waals surface area contributed by atoms with Gasteiger partial charge in [0.25, 0.3) is 5.91 Å². The minimum atomic E-state index is -1.02. The molecule has 2 aromatic carbocycles. The third kappa shape index (κ3) is 7.71. The number of carbonyl (C=O) groups excluding carboxylic acids is 2. The average Bonchev–Trinajstić information content (AvgIpc) is 2.83. The van der Waals surface area contributed by atoms with E-state index in [-0.39, 0.29) is 12.8 Å². The molecule has 1 aliphatic rings. The summed E-state index contributed by atoms with van der Waals surface area (Å²) < 4.78 is 0.978. The van der Waals surface area contributed by atoms with Gasteiger partial charge in [0, 0.05) is 23.0 Å². The summed E-state index contributed by atoms with van der Waals surface area (Å²) in [7, 11) is 0. The van der Waals surface area contributed by atoms with Gasteiger partial charge in [-0.1, -0.05) is 58.4 Å². The zero-order valence-electron chi connectivity index (χ0n) is 18.2. The Kier molecular flexibility index (Phi) is 9.01. The highest BCUT2D eigenvalue weighted by Crippen LogP contribution is 2.21. The van der Waals surface area contributed by atoms with Crippen LogP contribution in [0.5, 0.6) is 0 Å². The van der Waals surface area contributed by atoms with Crippen LogP contribution in [-0.2, 0) is 16.0 Å². The Balaban J connectivity index is 1.59. The summed E-state index contributed by atoms with van der Waals surface area (Å²) in [5, 5.41) is 14.5. The van der Waals surface area contributed by atoms with Gasteiger partial charge < -0.3 is 15.7 Å². The number of halogens is 1. The maximum Gasteiger partial charge on any atom is 0.303 e. The van der Waals surface area contributed by atoms with Gasteiger partial charge in [-0.15, -0.1) is 0 Å². The number of rotatable bonds is 10. The van der Waals surface area contributed by atoms with Crippen molar-refractivity contribution in [3.05, 3.63) is 87.9 Å². The molecule has 0 radical (unpaired) electrons. The fourth-order valence-corrected chi connectivity index (χ4v) is 3.79. The second-order valence-electron chi connectivity index (χ2n) is 7.84. The zero-order chi connectivity index (χ0) is 23.6. The molecule has 0 saturated carbocycles. The number of hydrogen-bond acceptors (Lipinski definition) is 3. The van der Waals surface area contributed by atoms with Crippen molar-refractivity contribution in [3.8, 4) is 0 Å². The van der Waals surface area contributed by atoms with E-state index in [9.17, 15) is 14.4 Å². The number of nitrogens with one attached hydrogen (secondary N) is 2. The van der Waals surface area contributed by atoms with Crippen LogP contribution in [0.15, 0.2) is 71.2 Å². The molecule has 2 amide bonds. The molecule has 6 nitrogen and oxygen atoms in total. The smallest absolute Gasteiger partial charge is 0.303 e. The van der Waals surface area contributed by atoms with E-state index in [0.717, 1.165) is 34.0 Å². The number of carboxylic acid groups (broad SMARTS) is 1. The van der Waals surface area contributed by atoms with Gasteiger partial charge in [-0.2, -0.15) is 0 Å². The summed E-state index contributed by atoms with van der Waals surface area (Å²) in [4.78, 5) is 36.5. The van der Waals surface area contributed by atoms with Gasteiger partial charge in [0.15, 0.2) is 0 Å². The van der Waals surface area contributed by atoms with Gasteiger partial charge in [0.05, 0.1) is 0 Å². The van der Waals surface area contributed by atoms with E-state index in [1.54, 1.807) is 12.1 Å². The van der Waals surface area contributed by atoms with Crippen molar-refractivity contribution in [1.82, 2.24) is 10.6 Å². The first-order chi connectivity index (χ1) is 15.9. The molecular formula is C26H27BrN2O4. The van der Waals surface area contributed by atoms with Crippen LogP contribution in [0, 0.1) is 0 Å². The number of carbonyl (C=O) groups is 3. The Bertz CT molecular complexity index is 1040. The average molecular weight is 511 g/mol. The van der Waals surface area contributed by atoms with Crippen LogP contribution < -0.4 is 10.6 Å². The maximum atomic E-state index is 12.7. The van der Waals surface area contributed by atoms with Crippen LogP contribution in [0.2, 0.25) is 0 Å². The lowest BCUT2D eigenvalue weighted by Gasteiger charge is -2.18. The number of benzene rings is 2. The summed E-state index contributed by atoms with van der Waals surface area (Å²) in [6, 6.07) is 14.0. The van der Waals surface area contributed by atoms with Crippen LogP contribution in [0.25, 0.3) is 5.57 Å². The molecule has 1 atom stereocenters. The van der Waals surface area contributed by atoms with Crippen molar-refractivity contribution >= 4 is 39.3 Å². The summed E-state index contributed by atoms with van der Waals surface area (Å²) in [5.41, 5.74) is 3.63. The van der Waals surface area contributed by atoms with Crippen LogP contribution in [-0.4, -0.2) is 35.5 Å². The highest BCUT2D eigenvalue weighted by atomic mass is 79.9. The molecule has 0 fully saturated rings. The van der Waals surface area contributed by atoms with E-state index in [4.69, 9.17) is 5.11 Å². The second-order valence-corrected chi connectivity index (χ2v) is 8.76. The predicted molar refractivity (Wildman–Crippen MR) is 132 cm³/mol. The summed E-state index contributed by atoms with van der Waals surface area (Å²) in [6.45, 7) is 0.386. The Morgan fingerprint density at radius 1 is 1.00 bits per heavy atom. The maximum absolute atomic E-state index is 12.7. The van der Waals surface area contributed by atoms with Crippen molar-refractivity contribution < 1.29 is 19.5 Å². The molecule has 0 aliphatic heterocycles. The van der Waals surface area contributed by atoms with Crippen LogP contribution in [0.4, 0.5) is 0 Å². The SMILES string of the molecule is O=C(O)CC[C@H](NC(=O)c1ccc(C2=CCCC=C2)cc1)C(=O)NCCc1ccc(Br)cc1. The van der Waals surface area contributed by atoms with Crippen molar-refractivity contribution in [1.29, 1.82) is 0 Å². The lowest BCUT2D eigenvalue weighted by Crippen LogP contribution is -2.47. The highest BCUT2D eigenvalue weighted by Gasteiger charge is 2.22. The number of carboxylic acids is 1. The van der Waals surface area contributed by atoms with Crippen LogP contribution in [0.1, 0.15) is 47.2 Å². The summed E-state index contributed by atoms with van der Waals surface area (Å²) in [5.74, 6) is -1.82. The molecule has 1 aliphatic carbocycles. The third-order valence-corrected chi connectivity index (χ3v) is 5.90. The standard InChI is InChI=1S/C26H27BrN2O4/c27-22-12-6-18(7-13-22)16-17-28-26(33)23(14-15-24(30)31)29-25(32)21-10-8-20(9-11-21)19-4-2-1-3-5-19/h2,4-13,23H,1,3,14-17H2,(H,28,33)(H,29,32)(H,30,31)/t23-/m0/s1. The molecule has 0 unspecified atom stereocenters. The third-order valence-electron chi connectivity index (χ3n) is 5.37. The second kappa shape index (κ2) is 12.2.